The topological polar surface area (TPSA) is 122 Å². The maximum atomic E-state index is 9.10. The summed E-state index contributed by atoms with van der Waals surface area (Å²) in [6, 6.07) is 0. The number of aliphatic carboxylic acids is 2. The van der Waals surface area contributed by atoms with E-state index >= 15 is 0 Å². The zero-order valence-corrected chi connectivity index (χ0v) is 14.4. The minimum absolute atomic E-state index is 0.602. The molecule has 0 unspecified atom stereocenters. The summed E-state index contributed by atoms with van der Waals surface area (Å²) >= 11 is 1.57. The van der Waals surface area contributed by atoms with Crippen LogP contribution in [0.25, 0.3) is 5.57 Å². The molecule has 0 aromatic carbocycles. The number of rotatable bonds is 4. The van der Waals surface area contributed by atoms with Crippen molar-refractivity contribution in [1.29, 1.82) is 0 Å². The Bertz CT molecular complexity index is 628. The van der Waals surface area contributed by atoms with Crippen LogP contribution in [0.3, 0.4) is 0 Å². The van der Waals surface area contributed by atoms with Gasteiger partial charge >= 0.3 is 11.9 Å². The first-order valence-corrected chi connectivity index (χ1v) is 7.66. The van der Waals surface area contributed by atoms with Gasteiger partial charge in [-0.25, -0.2) is 14.6 Å². The summed E-state index contributed by atoms with van der Waals surface area (Å²) in [4.78, 5) is 30.5. The highest BCUT2D eigenvalue weighted by molar-refractivity contribution is 7.14. The Morgan fingerprint density at radius 3 is 2.54 bits per heavy atom. The number of carboxylic acid groups (broad SMARTS) is 2. The van der Waals surface area contributed by atoms with Crippen LogP contribution < -0.4 is 4.74 Å². The van der Waals surface area contributed by atoms with Crippen LogP contribution in [0.4, 0.5) is 0 Å². The predicted molar refractivity (Wildman–Crippen MR) is 88.6 cm³/mol. The van der Waals surface area contributed by atoms with Gasteiger partial charge in [0.2, 0.25) is 5.88 Å². The minimum Gasteiger partial charge on any atom is -0.480 e. The fourth-order valence-corrected chi connectivity index (χ4v) is 2.76. The third-order valence-corrected chi connectivity index (χ3v) is 3.94. The highest BCUT2D eigenvalue weighted by Gasteiger charge is 2.17. The Morgan fingerprint density at radius 2 is 2.04 bits per heavy atom. The fourth-order valence-electron chi connectivity index (χ4n) is 1.83. The average Bonchev–Trinajstić information content (AvgIpc) is 2.96. The van der Waals surface area contributed by atoms with E-state index in [4.69, 9.17) is 24.5 Å². The number of likely N-dealkylation sites (N-methyl/N-ethyl adjacent to an activating group) is 1. The van der Waals surface area contributed by atoms with Crippen molar-refractivity contribution < 1.29 is 29.4 Å². The molecule has 0 radical (unpaired) electrons. The molecule has 0 saturated carbocycles. The molecule has 2 heterocycles. The van der Waals surface area contributed by atoms with E-state index in [0.717, 1.165) is 29.4 Å². The molecular formula is C14H19N3O6S. The predicted octanol–water partition coefficient (Wildman–Crippen LogP) is 1.01. The maximum absolute atomic E-state index is 9.10. The van der Waals surface area contributed by atoms with E-state index in [1.165, 1.54) is 12.7 Å². The highest BCUT2D eigenvalue weighted by atomic mass is 32.1. The first-order valence-electron chi connectivity index (χ1n) is 6.84. The van der Waals surface area contributed by atoms with Gasteiger partial charge in [0.1, 0.15) is 17.0 Å². The van der Waals surface area contributed by atoms with Gasteiger partial charge in [0.05, 0.1) is 13.3 Å². The molecule has 0 aliphatic carbocycles. The minimum atomic E-state index is -1.82. The van der Waals surface area contributed by atoms with Crippen LogP contribution in [-0.2, 0) is 14.4 Å². The Hall–Kier alpha value is -2.46. The molecule has 9 nitrogen and oxygen atoms in total. The van der Waals surface area contributed by atoms with Crippen LogP contribution in [0.1, 0.15) is 16.3 Å². The number of ether oxygens (including phenoxy) is 1. The zero-order valence-electron chi connectivity index (χ0n) is 13.6. The zero-order chi connectivity index (χ0) is 18.1. The van der Waals surface area contributed by atoms with Crippen molar-refractivity contribution in [2.45, 2.75) is 6.42 Å². The first kappa shape index (κ1) is 19.6. The van der Waals surface area contributed by atoms with Gasteiger partial charge in [-0.2, -0.15) is 0 Å². The lowest BCUT2D eigenvalue weighted by Gasteiger charge is -2.21. The van der Waals surface area contributed by atoms with E-state index < -0.39 is 11.9 Å². The van der Waals surface area contributed by atoms with E-state index in [-0.39, 0.29) is 0 Å². The summed E-state index contributed by atoms with van der Waals surface area (Å²) < 4.78 is 5.25. The Morgan fingerprint density at radius 1 is 1.38 bits per heavy atom. The van der Waals surface area contributed by atoms with Crippen molar-refractivity contribution >= 4 is 35.1 Å². The van der Waals surface area contributed by atoms with Crippen molar-refractivity contribution in [2.75, 3.05) is 34.4 Å². The van der Waals surface area contributed by atoms with E-state index in [1.807, 2.05) is 0 Å². The number of hydrogen-bond acceptors (Lipinski definition) is 8. The smallest absolute Gasteiger partial charge is 0.414 e. The number of carboxylic acids is 2. The third kappa shape index (κ3) is 5.97. The molecule has 0 bridgehead atoms. The Kier molecular flexibility index (Phi) is 7.86. The van der Waals surface area contributed by atoms with Crippen molar-refractivity contribution in [3.05, 3.63) is 16.0 Å². The van der Waals surface area contributed by atoms with Gasteiger partial charge in [-0.15, -0.1) is 11.3 Å². The molecule has 132 valence electrons. The van der Waals surface area contributed by atoms with Crippen LogP contribution in [0.2, 0.25) is 0 Å². The summed E-state index contributed by atoms with van der Waals surface area (Å²) in [5, 5.41) is 19.5. The van der Waals surface area contributed by atoms with Gasteiger partial charge in [-0.3, -0.25) is 0 Å². The summed E-state index contributed by atoms with van der Waals surface area (Å²) in [5.41, 5.74) is 1.25. The van der Waals surface area contributed by atoms with E-state index in [0.29, 0.717) is 5.88 Å². The standard InChI is InChI=1S/C12H17N3O2S.C2H2O4/c1-15-6-4-5-9(8-15)12-14-11(16-2)10(18-12)7-13-17-3;3-1(4)2(5)6/h5,7H,4,6,8H2,1-3H3;(H,3,4)(H,5,6)/b13-7+;. The van der Waals surface area contributed by atoms with Crippen LogP contribution in [0.5, 0.6) is 5.88 Å². The van der Waals surface area contributed by atoms with Crippen LogP contribution in [0, 0.1) is 0 Å². The van der Waals surface area contributed by atoms with Crippen molar-refractivity contribution in [3.63, 3.8) is 0 Å². The molecule has 0 atom stereocenters. The number of thiazole rings is 1. The van der Waals surface area contributed by atoms with Crippen molar-refractivity contribution in [2.24, 2.45) is 5.16 Å². The number of aromatic nitrogens is 1. The van der Waals surface area contributed by atoms with E-state index in [9.17, 15) is 0 Å². The van der Waals surface area contributed by atoms with Crippen LogP contribution in [-0.4, -0.2) is 72.6 Å². The Balaban J connectivity index is 0.000000413. The molecule has 2 N–H and O–H groups in total. The summed E-state index contributed by atoms with van der Waals surface area (Å²) in [6.07, 6.45) is 4.94. The van der Waals surface area contributed by atoms with Gasteiger partial charge in [0.15, 0.2) is 0 Å². The number of oxime groups is 1. The number of hydrogen-bond donors (Lipinski definition) is 2. The molecule has 0 spiro atoms. The first-order chi connectivity index (χ1) is 11.4. The fraction of sp³-hybridized carbons (Fsp3) is 0.429. The lowest BCUT2D eigenvalue weighted by molar-refractivity contribution is -0.159. The molecule has 24 heavy (non-hydrogen) atoms. The molecule has 0 fully saturated rings. The molecule has 1 aromatic heterocycles. The third-order valence-electron chi connectivity index (χ3n) is 2.89. The molecule has 2 rings (SSSR count). The summed E-state index contributed by atoms with van der Waals surface area (Å²) in [7, 11) is 5.25. The largest absolute Gasteiger partial charge is 0.480 e. The monoisotopic (exact) mass is 357 g/mol. The van der Waals surface area contributed by atoms with Crippen molar-refractivity contribution in [3.8, 4) is 5.88 Å². The quantitative estimate of drug-likeness (QED) is 0.465. The van der Waals surface area contributed by atoms with Gasteiger partial charge in [-0.1, -0.05) is 11.2 Å². The van der Waals surface area contributed by atoms with Crippen LogP contribution >= 0.6 is 11.3 Å². The maximum Gasteiger partial charge on any atom is 0.414 e. The van der Waals surface area contributed by atoms with Gasteiger partial charge in [-0.05, 0) is 19.0 Å². The summed E-state index contributed by atoms with van der Waals surface area (Å²) in [5.74, 6) is -3.05. The molecule has 1 aliphatic rings. The molecule has 10 heteroatoms. The number of methoxy groups -OCH3 is 1. The molecule has 0 saturated heterocycles. The molecule has 0 amide bonds. The van der Waals surface area contributed by atoms with Gasteiger partial charge in [0, 0.05) is 13.1 Å². The molecule has 1 aromatic rings. The van der Waals surface area contributed by atoms with Gasteiger partial charge < -0.3 is 24.7 Å². The average molecular weight is 357 g/mol. The second kappa shape index (κ2) is 9.63. The SMILES string of the molecule is CO/N=C/c1sc(C2=CCCN(C)C2)nc1OC.O=C(O)C(=O)O. The summed E-state index contributed by atoms with van der Waals surface area (Å²) in [6.45, 7) is 2.03. The number of carbonyl (C=O) groups is 2. The molecular weight excluding hydrogens is 338 g/mol. The second-order valence-electron chi connectivity index (χ2n) is 4.68. The van der Waals surface area contributed by atoms with E-state index in [2.05, 4.69) is 33.0 Å². The van der Waals surface area contributed by atoms with Crippen molar-refractivity contribution in [1.82, 2.24) is 9.88 Å². The van der Waals surface area contributed by atoms with E-state index in [1.54, 1.807) is 24.7 Å². The number of nitrogens with zero attached hydrogens (tertiary/aromatic N) is 3. The second-order valence-corrected chi connectivity index (χ2v) is 5.71. The van der Waals surface area contributed by atoms with Gasteiger partial charge in [0.25, 0.3) is 0 Å². The molecule has 1 aliphatic heterocycles. The lowest BCUT2D eigenvalue weighted by Crippen LogP contribution is -2.24. The highest BCUT2D eigenvalue weighted by Crippen LogP contribution is 2.30. The normalized spacial score (nSPS) is 14.5. The van der Waals surface area contributed by atoms with Crippen LogP contribution in [0.15, 0.2) is 11.2 Å². The lowest BCUT2D eigenvalue weighted by atomic mass is 10.1. The Labute approximate surface area is 142 Å².